The van der Waals surface area contributed by atoms with Gasteiger partial charge in [-0.1, -0.05) is 0 Å². The first-order valence-electron chi connectivity index (χ1n) is 6.64. The maximum Gasteiger partial charge on any atom is 0.227 e. The third-order valence-corrected chi connectivity index (χ3v) is 3.10. The molecule has 2 rings (SSSR count). The number of hydrogen-bond acceptors (Lipinski definition) is 5. The second-order valence-electron chi connectivity index (χ2n) is 5.12. The van der Waals surface area contributed by atoms with Crippen LogP contribution in [0.4, 0.5) is 11.8 Å². The van der Waals surface area contributed by atoms with E-state index in [0.29, 0.717) is 0 Å². The molecule has 0 unspecified atom stereocenters. The smallest absolute Gasteiger partial charge is 0.227 e. The molecule has 0 aromatic carbocycles. The predicted molar refractivity (Wildman–Crippen MR) is 75.3 cm³/mol. The maximum absolute atomic E-state index is 4.60. The van der Waals surface area contributed by atoms with Crippen LogP contribution >= 0.6 is 0 Å². The molecule has 0 amide bonds. The van der Waals surface area contributed by atoms with Gasteiger partial charge in [0, 0.05) is 37.9 Å². The van der Waals surface area contributed by atoms with Crippen LogP contribution in [0.1, 0.15) is 18.5 Å². The highest BCUT2D eigenvalue weighted by molar-refractivity contribution is 5.44. The Morgan fingerprint density at radius 1 is 1.28 bits per heavy atom. The number of likely N-dealkylation sites (N-methyl/N-ethyl adjacent to an activating group) is 1. The summed E-state index contributed by atoms with van der Waals surface area (Å²) in [6.45, 7) is 6.10. The molecule has 0 aliphatic carbocycles. The molecule has 1 aromatic rings. The molecule has 1 aliphatic rings. The van der Waals surface area contributed by atoms with Crippen LogP contribution in [-0.2, 0) is 0 Å². The Labute approximate surface area is 109 Å². The van der Waals surface area contributed by atoms with Crippen LogP contribution < -0.4 is 10.2 Å². The number of aryl methyl sites for hydroxylation is 1. The zero-order valence-corrected chi connectivity index (χ0v) is 11.6. The first-order chi connectivity index (χ1) is 8.65. The Hall–Kier alpha value is -1.36. The monoisotopic (exact) mass is 249 g/mol. The van der Waals surface area contributed by atoms with Crippen molar-refractivity contribution in [3.05, 3.63) is 11.8 Å². The number of hydrogen-bond donors (Lipinski definition) is 1. The molecule has 0 saturated carbocycles. The van der Waals surface area contributed by atoms with E-state index in [1.165, 1.54) is 12.8 Å². The van der Waals surface area contributed by atoms with Crippen molar-refractivity contribution in [1.29, 1.82) is 0 Å². The topological polar surface area (TPSA) is 44.3 Å². The molecule has 0 spiro atoms. The van der Waals surface area contributed by atoms with Crippen molar-refractivity contribution in [3.63, 3.8) is 0 Å². The predicted octanol–water partition coefficient (Wildman–Crippen LogP) is 1.36. The average molecular weight is 249 g/mol. The fourth-order valence-electron chi connectivity index (χ4n) is 2.11. The number of aromatic nitrogens is 2. The Bertz CT molecular complexity index is 385. The van der Waals surface area contributed by atoms with E-state index in [-0.39, 0.29) is 0 Å². The molecular weight excluding hydrogens is 226 g/mol. The van der Waals surface area contributed by atoms with Crippen molar-refractivity contribution in [1.82, 2.24) is 14.9 Å². The third kappa shape index (κ3) is 3.57. The number of rotatable bonds is 5. The zero-order chi connectivity index (χ0) is 13.0. The minimum absolute atomic E-state index is 0.875. The molecule has 2 heterocycles. The summed E-state index contributed by atoms with van der Waals surface area (Å²) in [6.07, 6.45) is 2.50. The molecule has 1 saturated heterocycles. The SMILES string of the molecule is Cc1cc(NCCN(C)C)nc(N2CCCC2)n1. The summed E-state index contributed by atoms with van der Waals surface area (Å²) < 4.78 is 0. The van der Waals surface area contributed by atoms with Crippen molar-refractivity contribution in [2.24, 2.45) is 0 Å². The Balaban J connectivity index is 2.01. The van der Waals surface area contributed by atoms with Gasteiger partial charge in [-0.05, 0) is 33.9 Å². The molecular formula is C13H23N5. The Morgan fingerprint density at radius 3 is 2.67 bits per heavy atom. The molecule has 5 heteroatoms. The molecule has 5 nitrogen and oxygen atoms in total. The van der Waals surface area contributed by atoms with Crippen LogP contribution in [0.2, 0.25) is 0 Å². The normalized spacial score (nSPS) is 15.4. The van der Waals surface area contributed by atoms with Gasteiger partial charge in [-0.25, -0.2) is 4.98 Å². The number of nitrogens with zero attached hydrogens (tertiary/aromatic N) is 4. The minimum atomic E-state index is 0.875. The molecule has 1 aliphatic heterocycles. The summed E-state index contributed by atoms with van der Waals surface area (Å²) >= 11 is 0. The van der Waals surface area contributed by atoms with E-state index in [1.807, 2.05) is 13.0 Å². The lowest BCUT2D eigenvalue weighted by molar-refractivity contribution is 0.425. The van der Waals surface area contributed by atoms with Crippen LogP contribution in [0.3, 0.4) is 0 Å². The highest BCUT2D eigenvalue weighted by atomic mass is 15.3. The van der Waals surface area contributed by atoms with Gasteiger partial charge < -0.3 is 15.1 Å². The van der Waals surface area contributed by atoms with E-state index in [1.54, 1.807) is 0 Å². The van der Waals surface area contributed by atoms with Gasteiger partial charge >= 0.3 is 0 Å². The van der Waals surface area contributed by atoms with E-state index in [0.717, 1.165) is 43.6 Å². The molecule has 1 N–H and O–H groups in total. The molecule has 0 bridgehead atoms. The lowest BCUT2D eigenvalue weighted by atomic mass is 10.4. The molecule has 0 atom stereocenters. The van der Waals surface area contributed by atoms with E-state index >= 15 is 0 Å². The van der Waals surface area contributed by atoms with E-state index < -0.39 is 0 Å². The van der Waals surface area contributed by atoms with Gasteiger partial charge in [-0.15, -0.1) is 0 Å². The maximum atomic E-state index is 4.60. The van der Waals surface area contributed by atoms with Crippen LogP contribution in [0, 0.1) is 6.92 Å². The van der Waals surface area contributed by atoms with E-state index in [2.05, 4.69) is 39.2 Å². The van der Waals surface area contributed by atoms with Crippen LogP contribution in [-0.4, -0.2) is 55.1 Å². The summed E-state index contributed by atoms with van der Waals surface area (Å²) in [7, 11) is 4.14. The lowest BCUT2D eigenvalue weighted by Gasteiger charge is -2.17. The summed E-state index contributed by atoms with van der Waals surface area (Å²) in [5, 5.41) is 3.36. The first kappa shape index (κ1) is 13.1. The van der Waals surface area contributed by atoms with Gasteiger partial charge in [0.05, 0.1) is 0 Å². The molecule has 1 aromatic heterocycles. The Morgan fingerprint density at radius 2 is 2.00 bits per heavy atom. The second kappa shape index (κ2) is 6.00. The average Bonchev–Trinajstić information content (AvgIpc) is 2.81. The van der Waals surface area contributed by atoms with Gasteiger partial charge in [-0.2, -0.15) is 4.98 Å². The summed E-state index contributed by atoms with van der Waals surface area (Å²) in [5.41, 5.74) is 1.03. The van der Waals surface area contributed by atoms with Gasteiger partial charge in [0.1, 0.15) is 5.82 Å². The van der Waals surface area contributed by atoms with Gasteiger partial charge in [0.25, 0.3) is 0 Å². The zero-order valence-electron chi connectivity index (χ0n) is 11.6. The summed E-state index contributed by atoms with van der Waals surface area (Å²) in [4.78, 5) is 13.5. The highest BCUT2D eigenvalue weighted by Gasteiger charge is 2.15. The standard InChI is InChI=1S/C13H23N5/c1-11-10-12(14-6-9-17(2)3)16-13(15-11)18-7-4-5-8-18/h10H,4-9H2,1-3H3,(H,14,15,16). The van der Waals surface area contributed by atoms with Crippen molar-refractivity contribution in [2.75, 3.05) is 50.5 Å². The fourth-order valence-corrected chi connectivity index (χ4v) is 2.11. The molecule has 100 valence electrons. The van der Waals surface area contributed by atoms with Crippen molar-refractivity contribution in [2.45, 2.75) is 19.8 Å². The van der Waals surface area contributed by atoms with Crippen LogP contribution in [0.15, 0.2) is 6.07 Å². The molecule has 18 heavy (non-hydrogen) atoms. The van der Waals surface area contributed by atoms with E-state index in [9.17, 15) is 0 Å². The first-order valence-corrected chi connectivity index (χ1v) is 6.64. The van der Waals surface area contributed by atoms with Crippen molar-refractivity contribution in [3.8, 4) is 0 Å². The molecule has 0 radical (unpaired) electrons. The van der Waals surface area contributed by atoms with Gasteiger partial charge in [0.2, 0.25) is 5.95 Å². The van der Waals surface area contributed by atoms with Crippen molar-refractivity contribution < 1.29 is 0 Å². The van der Waals surface area contributed by atoms with Gasteiger partial charge in [0.15, 0.2) is 0 Å². The van der Waals surface area contributed by atoms with Gasteiger partial charge in [-0.3, -0.25) is 0 Å². The second-order valence-corrected chi connectivity index (χ2v) is 5.12. The summed E-state index contributed by atoms with van der Waals surface area (Å²) in [5.74, 6) is 1.81. The quantitative estimate of drug-likeness (QED) is 0.853. The largest absolute Gasteiger partial charge is 0.369 e. The number of anilines is 2. The van der Waals surface area contributed by atoms with E-state index in [4.69, 9.17) is 0 Å². The van der Waals surface area contributed by atoms with Crippen LogP contribution in [0.5, 0.6) is 0 Å². The minimum Gasteiger partial charge on any atom is -0.369 e. The fraction of sp³-hybridized carbons (Fsp3) is 0.692. The summed E-state index contributed by atoms with van der Waals surface area (Å²) in [6, 6.07) is 2.01. The highest BCUT2D eigenvalue weighted by Crippen LogP contribution is 2.18. The Kier molecular flexibility index (Phi) is 4.36. The third-order valence-electron chi connectivity index (χ3n) is 3.10. The number of nitrogens with one attached hydrogen (secondary N) is 1. The van der Waals surface area contributed by atoms with Crippen LogP contribution in [0.25, 0.3) is 0 Å². The lowest BCUT2D eigenvalue weighted by Crippen LogP contribution is -2.23. The van der Waals surface area contributed by atoms with Crippen molar-refractivity contribution >= 4 is 11.8 Å². The molecule has 1 fully saturated rings.